The van der Waals surface area contributed by atoms with Crippen molar-refractivity contribution in [3.8, 4) is 0 Å². The summed E-state index contributed by atoms with van der Waals surface area (Å²) in [6.45, 7) is 6.21. The second-order valence-electron chi connectivity index (χ2n) is 6.87. The predicted octanol–water partition coefficient (Wildman–Crippen LogP) is -0.437. The molecule has 0 saturated carbocycles. The third-order valence-corrected chi connectivity index (χ3v) is 4.90. The zero-order chi connectivity index (χ0) is 18.3. The molecule has 0 radical (unpaired) electrons. The number of hydrogen-bond donors (Lipinski definition) is 2. The van der Waals surface area contributed by atoms with E-state index in [9.17, 15) is 14.4 Å². The number of imidazole rings is 1. The molecule has 2 N–H and O–H groups in total. The smallest absolute Gasteiger partial charge is 0.332 e. The monoisotopic (exact) mass is 348 g/mol. The summed E-state index contributed by atoms with van der Waals surface area (Å²) in [4.78, 5) is 45.9. The number of nitrogens with zero attached hydrogens (tertiary/aromatic N) is 4. The molecule has 136 valence electrons. The highest BCUT2D eigenvalue weighted by molar-refractivity contribution is 5.93. The van der Waals surface area contributed by atoms with Gasteiger partial charge in [0.05, 0.1) is 0 Å². The number of rotatable bonds is 3. The first-order valence-corrected chi connectivity index (χ1v) is 8.50. The number of carbonyl (C=O) groups excluding carboxylic acids is 1. The number of carbonyl (C=O) groups is 1. The number of likely N-dealkylation sites (tertiary alicyclic amines) is 1. The lowest BCUT2D eigenvalue weighted by atomic mass is 10.0. The van der Waals surface area contributed by atoms with E-state index in [0.717, 1.165) is 30.5 Å². The molecule has 0 aromatic carbocycles. The van der Waals surface area contributed by atoms with Crippen LogP contribution in [0.15, 0.2) is 9.59 Å². The van der Waals surface area contributed by atoms with Crippen molar-refractivity contribution in [3.05, 3.63) is 26.7 Å². The molecule has 0 unspecified atom stereocenters. The van der Waals surface area contributed by atoms with Crippen LogP contribution in [0.4, 0.5) is 0 Å². The molecule has 3 heterocycles. The molecule has 1 amide bonds. The molecule has 1 aliphatic heterocycles. The zero-order valence-electron chi connectivity index (χ0n) is 15.0. The molecule has 3 rings (SSSR count). The molecule has 1 saturated heterocycles. The van der Waals surface area contributed by atoms with E-state index in [1.54, 1.807) is 0 Å². The summed E-state index contributed by atoms with van der Waals surface area (Å²) >= 11 is 0. The van der Waals surface area contributed by atoms with Gasteiger partial charge in [0.2, 0.25) is 0 Å². The summed E-state index contributed by atoms with van der Waals surface area (Å²) in [6, 6.07) is 0.590. The van der Waals surface area contributed by atoms with Gasteiger partial charge in [-0.1, -0.05) is 0 Å². The van der Waals surface area contributed by atoms with Crippen molar-refractivity contribution < 1.29 is 4.79 Å². The van der Waals surface area contributed by atoms with E-state index in [-0.39, 0.29) is 28.9 Å². The maximum atomic E-state index is 12.5. The van der Waals surface area contributed by atoms with Gasteiger partial charge in [0.15, 0.2) is 17.0 Å². The number of piperidine rings is 1. The van der Waals surface area contributed by atoms with Crippen LogP contribution < -0.4 is 16.6 Å². The number of aryl methyl sites for hydroxylation is 1. The normalized spacial score (nSPS) is 16.7. The zero-order valence-corrected chi connectivity index (χ0v) is 15.0. The van der Waals surface area contributed by atoms with Gasteiger partial charge in [0.25, 0.3) is 11.5 Å². The van der Waals surface area contributed by atoms with Crippen molar-refractivity contribution >= 4 is 17.1 Å². The second-order valence-corrected chi connectivity index (χ2v) is 6.87. The quantitative estimate of drug-likeness (QED) is 0.783. The molecule has 2 aromatic heterocycles. The number of nitrogens with one attached hydrogen (secondary N) is 2. The van der Waals surface area contributed by atoms with Gasteiger partial charge < -0.3 is 15.2 Å². The fourth-order valence-corrected chi connectivity index (χ4v) is 3.25. The average Bonchev–Trinajstić information content (AvgIpc) is 3.04. The standard InChI is InChI=1S/C16H24N6O3/c1-9(2)22-7-5-10(6-8-22)17-14(23)12-18-11-13(19-12)20(3)16(25)21(4)15(11)24/h9-10H,5-8H2,1-4H3,(H,17,23)(H,18,19). The van der Waals surface area contributed by atoms with Gasteiger partial charge in [0.1, 0.15) is 0 Å². The Morgan fingerprint density at radius 2 is 1.84 bits per heavy atom. The molecular formula is C16H24N6O3. The Bertz CT molecular complexity index is 914. The molecule has 25 heavy (non-hydrogen) atoms. The number of amides is 1. The van der Waals surface area contributed by atoms with Gasteiger partial charge >= 0.3 is 5.69 Å². The van der Waals surface area contributed by atoms with Gasteiger partial charge in [0, 0.05) is 39.3 Å². The highest BCUT2D eigenvalue weighted by Gasteiger charge is 2.24. The molecular weight excluding hydrogens is 324 g/mol. The van der Waals surface area contributed by atoms with Gasteiger partial charge in [-0.15, -0.1) is 0 Å². The number of hydrogen-bond acceptors (Lipinski definition) is 5. The van der Waals surface area contributed by atoms with Crippen molar-refractivity contribution in [2.75, 3.05) is 13.1 Å². The summed E-state index contributed by atoms with van der Waals surface area (Å²) in [5, 5.41) is 2.97. The summed E-state index contributed by atoms with van der Waals surface area (Å²) in [5.74, 6) is -0.298. The Morgan fingerprint density at radius 1 is 1.20 bits per heavy atom. The van der Waals surface area contributed by atoms with E-state index >= 15 is 0 Å². The number of H-pyrrole nitrogens is 1. The minimum Gasteiger partial charge on any atom is -0.347 e. The lowest BCUT2D eigenvalue weighted by Gasteiger charge is -2.34. The Hall–Kier alpha value is -2.42. The summed E-state index contributed by atoms with van der Waals surface area (Å²) < 4.78 is 2.25. The van der Waals surface area contributed by atoms with E-state index < -0.39 is 11.2 Å². The number of fused-ring (bicyclic) bond motifs is 1. The van der Waals surface area contributed by atoms with Crippen molar-refractivity contribution in [2.24, 2.45) is 14.1 Å². The largest absolute Gasteiger partial charge is 0.347 e. The van der Waals surface area contributed by atoms with Gasteiger partial charge in [-0.3, -0.25) is 18.7 Å². The van der Waals surface area contributed by atoms with E-state index in [2.05, 4.69) is 34.0 Å². The SMILES string of the molecule is CC(C)N1CCC(NC(=O)c2nc3c([nH]2)c(=O)n(C)c(=O)n3C)CC1. The number of aromatic nitrogens is 4. The number of aromatic amines is 1. The van der Waals surface area contributed by atoms with Gasteiger partial charge in [-0.25, -0.2) is 9.78 Å². The minimum absolute atomic E-state index is 0.0552. The highest BCUT2D eigenvalue weighted by Crippen LogP contribution is 2.13. The van der Waals surface area contributed by atoms with Crippen LogP contribution in [0.25, 0.3) is 11.2 Å². The van der Waals surface area contributed by atoms with Crippen molar-refractivity contribution in [2.45, 2.75) is 38.8 Å². The summed E-state index contributed by atoms with van der Waals surface area (Å²) in [6.07, 6.45) is 1.76. The summed E-state index contributed by atoms with van der Waals surface area (Å²) in [7, 11) is 2.92. The molecule has 0 aliphatic carbocycles. The third kappa shape index (κ3) is 3.11. The van der Waals surface area contributed by atoms with Crippen LogP contribution in [-0.4, -0.2) is 55.1 Å². The Kier molecular flexibility index (Phi) is 4.51. The lowest BCUT2D eigenvalue weighted by molar-refractivity contribution is 0.0891. The van der Waals surface area contributed by atoms with Crippen molar-refractivity contribution in [3.63, 3.8) is 0 Å². The van der Waals surface area contributed by atoms with Crippen molar-refractivity contribution in [1.82, 2.24) is 29.3 Å². The predicted molar refractivity (Wildman–Crippen MR) is 93.8 cm³/mol. The molecule has 9 nitrogen and oxygen atoms in total. The van der Waals surface area contributed by atoms with E-state index in [0.29, 0.717) is 6.04 Å². The maximum absolute atomic E-state index is 12.5. The molecule has 1 aliphatic rings. The highest BCUT2D eigenvalue weighted by atomic mass is 16.2. The minimum atomic E-state index is -0.491. The van der Waals surface area contributed by atoms with Crippen molar-refractivity contribution in [1.29, 1.82) is 0 Å². The second kappa shape index (κ2) is 6.47. The first-order valence-electron chi connectivity index (χ1n) is 8.50. The summed E-state index contributed by atoms with van der Waals surface area (Å²) in [5.41, 5.74) is -0.621. The van der Waals surface area contributed by atoms with Crippen LogP contribution >= 0.6 is 0 Å². The van der Waals surface area contributed by atoms with Crippen LogP contribution in [0.1, 0.15) is 37.3 Å². The fraction of sp³-hybridized carbons (Fsp3) is 0.625. The van der Waals surface area contributed by atoms with Gasteiger partial charge in [-0.05, 0) is 26.7 Å². The first kappa shape index (κ1) is 17.4. The lowest BCUT2D eigenvalue weighted by Crippen LogP contribution is -2.46. The van der Waals surface area contributed by atoms with Gasteiger partial charge in [-0.2, -0.15) is 0 Å². The average molecular weight is 348 g/mol. The van der Waals surface area contributed by atoms with E-state index in [1.807, 2.05) is 0 Å². The van der Waals surface area contributed by atoms with Crippen LogP contribution in [-0.2, 0) is 14.1 Å². The topological polar surface area (TPSA) is 105 Å². The molecule has 0 atom stereocenters. The Balaban J connectivity index is 1.80. The van der Waals surface area contributed by atoms with Crippen LogP contribution in [0, 0.1) is 0 Å². The first-order chi connectivity index (χ1) is 11.8. The molecule has 2 aromatic rings. The third-order valence-electron chi connectivity index (χ3n) is 4.90. The Labute approximate surface area is 144 Å². The van der Waals surface area contributed by atoms with Crippen LogP contribution in [0.5, 0.6) is 0 Å². The molecule has 0 bridgehead atoms. The Morgan fingerprint density at radius 3 is 2.44 bits per heavy atom. The van der Waals surface area contributed by atoms with Crippen LogP contribution in [0.2, 0.25) is 0 Å². The van der Waals surface area contributed by atoms with E-state index in [1.165, 1.54) is 18.7 Å². The maximum Gasteiger partial charge on any atom is 0.332 e. The fourth-order valence-electron chi connectivity index (χ4n) is 3.25. The molecule has 1 fully saturated rings. The van der Waals surface area contributed by atoms with E-state index in [4.69, 9.17) is 0 Å². The molecule has 0 spiro atoms. The van der Waals surface area contributed by atoms with Crippen LogP contribution in [0.3, 0.4) is 0 Å². The molecule has 9 heteroatoms.